The van der Waals surface area contributed by atoms with Gasteiger partial charge in [-0.25, -0.2) is 0 Å². The summed E-state index contributed by atoms with van der Waals surface area (Å²) < 4.78 is 113. The second-order valence-electron chi connectivity index (χ2n) is 28.2. The monoisotopic (exact) mass is 2140 g/mol. The Morgan fingerprint density at radius 2 is 0.387 bits per heavy atom. The molecule has 18 nitrogen and oxygen atoms in total. The summed E-state index contributed by atoms with van der Waals surface area (Å²) in [5.41, 5.74) is 0.514. The Hall–Kier alpha value is 7.23. The molecule has 712 valence electrons. The lowest BCUT2D eigenvalue weighted by Gasteiger charge is -2.48. The van der Waals surface area contributed by atoms with Crippen LogP contribution in [0.5, 0.6) is 0 Å². The molecule has 0 aromatic carbocycles. The molecule has 6 atom stereocenters. The Balaban J connectivity index is 2.54. The van der Waals surface area contributed by atoms with E-state index in [0.29, 0.717) is 143 Å². The molecule has 0 radical (unpaired) electrons. The van der Waals surface area contributed by atoms with E-state index in [1.807, 2.05) is 205 Å². The van der Waals surface area contributed by atoms with Crippen molar-refractivity contribution in [2.45, 2.75) is 276 Å². The topological polar surface area (TPSA) is 166 Å². The van der Waals surface area contributed by atoms with Gasteiger partial charge in [0.15, 0.2) is 0 Å². The minimum atomic E-state index is -2.80. The van der Waals surface area contributed by atoms with Gasteiger partial charge >= 0.3 is 52.8 Å². The van der Waals surface area contributed by atoms with Crippen LogP contribution in [0, 0.1) is 34.5 Å². The van der Waals surface area contributed by atoms with E-state index >= 15 is 0 Å². The van der Waals surface area contributed by atoms with Gasteiger partial charge in [0.05, 0.1) is 0 Å². The van der Waals surface area contributed by atoms with E-state index in [1.54, 1.807) is 0 Å². The van der Waals surface area contributed by atoms with E-state index in [4.69, 9.17) is 79.7 Å². The van der Waals surface area contributed by atoms with Gasteiger partial charge in [0, 0.05) is 213 Å². The van der Waals surface area contributed by atoms with Crippen LogP contribution in [0.4, 0.5) is 0 Å². The molecular weight excluding hydrogens is 1980 g/mol. The van der Waals surface area contributed by atoms with Gasteiger partial charge in [-0.15, -0.1) is 0 Å². The molecule has 0 heterocycles. The zero-order chi connectivity index (χ0) is 87.2. The van der Waals surface area contributed by atoms with E-state index in [1.165, 1.54) is 77.0 Å². The number of hydrogen-bond donors (Lipinski definition) is 0. The Morgan fingerprint density at radius 3 is 0.588 bits per heavy atom. The van der Waals surface area contributed by atoms with Gasteiger partial charge in [0.25, 0.3) is 0 Å². The van der Waals surface area contributed by atoms with Crippen LogP contribution < -0.4 is 0 Å². The van der Waals surface area contributed by atoms with Gasteiger partial charge in [-0.1, -0.05) is 108 Å². The van der Waals surface area contributed by atoms with Crippen LogP contribution in [0.3, 0.4) is 0 Å². The second-order valence-corrected chi connectivity index (χ2v) is 74.0. The minimum absolute atomic E-state index is 0.257. The lowest BCUT2D eigenvalue weighted by atomic mass is 9.59. The highest BCUT2D eigenvalue weighted by Gasteiger charge is 2.49. The SMILES string of the molecule is CCO[Si](CCCSSSSCCC1CC(CC[Si](OCC)(OCC)OCC)CCC1(CCSSSCCC1(CCSSSSCCC[Si](OCC)(OCC)OCC)CCC(CC[Si](OCC)(OCC)OCC)CC1CCSSSSCCC[Si](OCC)(OCC)OCC)CCSSSSCCC[Si](OCC)(OCC)OCC)(OCC)OCC. The molecule has 0 amide bonds. The second kappa shape index (κ2) is 79.2. The Morgan fingerprint density at radius 1 is 0.210 bits per heavy atom. The molecule has 2 aliphatic carbocycles. The average Bonchev–Trinajstić information content (AvgIpc) is 0.795. The summed E-state index contributed by atoms with van der Waals surface area (Å²) in [5.74, 6) is 13.5. The standard InChI is InChI=1S/C76H162O18S19Si6/c1-19-77-114(78-20-2,79-21-3)63-37-53-95-106-110-99-57-43-73-69-71(45-67-118(89-31-13,90-32-14)91-33-15)41-47-75(73,51-61-103-112-108-97-55-39-65-116(83-25-7,84-26-8)85-27-9)49-59-101-105-102-60-50-76(52-62-104-113-109-98-56-40-66-117(86-28-10,87-29-11)88-30-12)48-42-72(46-68-119(92-34-16,93-35-17)94-36-18)70-74(76)44-58-100-111-107-96-54-38-64-115(80-22-4,81-23-5)82-24-6/h71-74H,19-70H2,1-18H3. The predicted octanol–water partition coefficient (Wildman–Crippen LogP) is 29.5. The van der Waals surface area contributed by atoms with E-state index in [-0.39, 0.29) is 10.8 Å². The highest BCUT2D eigenvalue weighted by molar-refractivity contribution is 9.27. The van der Waals surface area contributed by atoms with Crippen molar-refractivity contribution in [2.24, 2.45) is 34.5 Å². The molecule has 43 heteroatoms. The minimum Gasteiger partial charge on any atom is -0.374 e. The summed E-state index contributed by atoms with van der Waals surface area (Å²) in [6, 6.07) is 5.19. The summed E-state index contributed by atoms with van der Waals surface area (Å²) in [4.78, 5) is 0. The molecule has 2 rings (SSSR count). The van der Waals surface area contributed by atoms with Gasteiger partial charge in [-0.2, -0.15) is 0 Å². The van der Waals surface area contributed by atoms with Crippen molar-refractivity contribution >= 4 is 249 Å². The van der Waals surface area contributed by atoms with Gasteiger partial charge in [0.2, 0.25) is 0 Å². The Labute approximate surface area is 807 Å². The predicted molar refractivity (Wildman–Crippen MR) is 567 cm³/mol. The van der Waals surface area contributed by atoms with Gasteiger partial charge < -0.3 is 79.7 Å². The summed E-state index contributed by atoms with van der Waals surface area (Å²) in [6.45, 7) is 48.1. The van der Waals surface area contributed by atoms with Crippen LogP contribution in [0.2, 0.25) is 36.3 Å². The lowest BCUT2D eigenvalue weighted by Crippen LogP contribution is -2.46. The molecule has 2 aliphatic rings. The Kier molecular flexibility index (Phi) is 81.4. The van der Waals surface area contributed by atoms with Crippen LogP contribution >= 0.6 is 196 Å². The van der Waals surface area contributed by atoms with Crippen molar-refractivity contribution < 1.29 is 79.7 Å². The van der Waals surface area contributed by atoms with Crippen molar-refractivity contribution in [3.8, 4) is 0 Å². The van der Waals surface area contributed by atoms with E-state index < -0.39 is 52.8 Å². The average molecular weight is 2140 g/mol. The molecule has 0 spiro atoms. The first kappa shape index (κ1) is 122. The van der Waals surface area contributed by atoms with Crippen molar-refractivity contribution in [1.82, 2.24) is 0 Å². The maximum atomic E-state index is 6.50. The highest BCUT2D eigenvalue weighted by Crippen LogP contribution is 2.58. The van der Waals surface area contributed by atoms with Gasteiger partial charge in [-0.3, -0.25) is 0 Å². The van der Waals surface area contributed by atoms with E-state index in [2.05, 4.69) is 116 Å². The first-order valence-corrected chi connectivity index (χ1v) is 80.8. The molecule has 119 heavy (non-hydrogen) atoms. The zero-order valence-electron chi connectivity index (χ0n) is 76.2. The van der Waals surface area contributed by atoms with Crippen LogP contribution in [0.25, 0.3) is 0 Å². The normalized spacial score (nSPS) is 19.3. The third kappa shape index (κ3) is 53.1. The Bertz CT molecular complexity index is 2060. The molecule has 0 bridgehead atoms. The molecule has 0 aromatic heterocycles. The molecule has 0 N–H and O–H groups in total. The maximum Gasteiger partial charge on any atom is 0.500 e. The molecule has 0 aliphatic heterocycles. The van der Waals surface area contributed by atoms with Crippen LogP contribution in [0.1, 0.15) is 240 Å². The fraction of sp³-hybridized carbons (Fsp3) is 1.00. The van der Waals surface area contributed by atoms with E-state index in [9.17, 15) is 0 Å². The largest absolute Gasteiger partial charge is 0.500 e. The first-order valence-electron chi connectivity index (χ1n) is 44.7. The van der Waals surface area contributed by atoms with Crippen LogP contribution in [-0.2, 0) is 79.7 Å². The van der Waals surface area contributed by atoms with Crippen molar-refractivity contribution in [1.29, 1.82) is 0 Å². The lowest BCUT2D eigenvalue weighted by molar-refractivity contribution is 0.0441. The molecular formula is C76H162O18S19Si6. The quantitative estimate of drug-likeness (QED) is 0.0320. The third-order valence-electron chi connectivity index (χ3n) is 20.6. The van der Waals surface area contributed by atoms with Crippen LogP contribution in [-0.4, -0.2) is 229 Å². The third-order valence-corrected chi connectivity index (χ3v) is 69.9. The number of hydrogen-bond acceptors (Lipinski definition) is 37. The summed E-state index contributed by atoms with van der Waals surface area (Å²) in [7, 11) is 21.9. The molecule has 0 saturated heterocycles. The highest BCUT2D eigenvalue weighted by atomic mass is 33.7. The van der Waals surface area contributed by atoms with Crippen molar-refractivity contribution in [2.75, 3.05) is 176 Å². The molecule has 2 saturated carbocycles. The molecule has 6 unspecified atom stereocenters. The summed E-state index contributed by atoms with van der Waals surface area (Å²) in [6.07, 6.45) is 21.2. The fourth-order valence-electron chi connectivity index (χ4n) is 15.9. The van der Waals surface area contributed by atoms with Gasteiger partial charge in [-0.05, 0) is 363 Å². The maximum absolute atomic E-state index is 6.50. The number of rotatable bonds is 90. The smallest absolute Gasteiger partial charge is 0.374 e. The molecule has 0 aromatic rings. The van der Waals surface area contributed by atoms with Crippen LogP contribution in [0.15, 0.2) is 0 Å². The van der Waals surface area contributed by atoms with Gasteiger partial charge in [0.1, 0.15) is 0 Å². The summed E-state index contributed by atoms with van der Waals surface area (Å²) in [5, 5.41) is 0. The first-order chi connectivity index (χ1) is 58.0. The van der Waals surface area contributed by atoms with Crippen molar-refractivity contribution in [3.05, 3.63) is 0 Å². The summed E-state index contributed by atoms with van der Waals surface area (Å²) >= 11 is 0. The molecule has 2 fully saturated rings. The van der Waals surface area contributed by atoms with Crippen molar-refractivity contribution in [3.63, 3.8) is 0 Å². The van der Waals surface area contributed by atoms with E-state index in [0.717, 1.165) is 132 Å². The fourth-order valence-corrected chi connectivity index (χ4v) is 62.0. The zero-order valence-corrected chi connectivity index (χ0v) is 97.7.